The maximum absolute atomic E-state index is 6.31. The summed E-state index contributed by atoms with van der Waals surface area (Å²) in [7, 11) is 1.97. The van der Waals surface area contributed by atoms with Gasteiger partial charge in [-0.05, 0) is 35.7 Å². The molecule has 0 aromatic carbocycles. The summed E-state index contributed by atoms with van der Waals surface area (Å²) in [5, 5.41) is 8.68. The van der Waals surface area contributed by atoms with Crippen LogP contribution in [0.3, 0.4) is 0 Å². The van der Waals surface area contributed by atoms with E-state index in [2.05, 4.69) is 33.4 Å². The normalized spacial score (nSPS) is 13.2. The third kappa shape index (κ3) is 2.15. The van der Waals surface area contributed by atoms with Gasteiger partial charge in [0.1, 0.15) is 11.3 Å². The Hall–Kier alpha value is -1.33. The zero-order valence-electron chi connectivity index (χ0n) is 11.8. The van der Waals surface area contributed by atoms with E-state index in [-0.39, 0.29) is 5.38 Å². The Morgan fingerprint density at radius 1 is 1.45 bits per heavy atom. The van der Waals surface area contributed by atoms with Crippen molar-refractivity contribution in [3.8, 4) is 0 Å². The molecule has 0 radical (unpaired) electrons. The van der Waals surface area contributed by atoms with E-state index in [4.69, 9.17) is 16.6 Å². The first-order chi connectivity index (χ1) is 9.61. The van der Waals surface area contributed by atoms with Crippen molar-refractivity contribution in [2.75, 3.05) is 0 Å². The first-order valence-corrected chi connectivity index (χ1v) is 8.06. The van der Waals surface area contributed by atoms with Gasteiger partial charge in [-0.15, -0.1) is 11.6 Å². The molecular weight excluding hydrogens is 292 g/mol. The molecule has 0 aliphatic heterocycles. The van der Waals surface area contributed by atoms with Crippen molar-refractivity contribution in [2.45, 2.75) is 32.2 Å². The molecule has 0 N–H and O–H groups in total. The van der Waals surface area contributed by atoms with Crippen LogP contribution in [0.5, 0.6) is 0 Å². The van der Waals surface area contributed by atoms with Gasteiger partial charge in [-0.2, -0.15) is 16.4 Å². The van der Waals surface area contributed by atoms with Gasteiger partial charge in [0.15, 0.2) is 5.65 Å². The van der Waals surface area contributed by atoms with Gasteiger partial charge in [0, 0.05) is 7.05 Å². The Morgan fingerprint density at radius 2 is 2.25 bits per heavy atom. The molecule has 3 rings (SSSR count). The van der Waals surface area contributed by atoms with Gasteiger partial charge >= 0.3 is 0 Å². The molecule has 20 heavy (non-hydrogen) atoms. The highest BCUT2D eigenvalue weighted by Crippen LogP contribution is 2.27. The number of aromatic nitrogens is 4. The second-order valence-electron chi connectivity index (χ2n) is 4.90. The van der Waals surface area contributed by atoms with Crippen LogP contribution in [0.25, 0.3) is 11.2 Å². The number of rotatable bonds is 4. The Bertz CT molecular complexity index is 724. The zero-order chi connectivity index (χ0) is 14.3. The largest absolute Gasteiger partial charge is 0.307 e. The van der Waals surface area contributed by atoms with Gasteiger partial charge in [0.05, 0.1) is 17.6 Å². The van der Waals surface area contributed by atoms with Gasteiger partial charge < -0.3 is 4.57 Å². The molecule has 6 heteroatoms. The van der Waals surface area contributed by atoms with Crippen LogP contribution in [0, 0.1) is 0 Å². The molecular formula is C14H17ClN4S. The Balaban J connectivity index is 2.20. The summed E-state index contributed by atoms with van der Waals surface area (Å²) in [5.74, 6) is 0.913. The summed E-state index contributed by atoms with van der Waals surface area (Å²) in [4.78, 5) is 4.74. The molecule has 0 bridgehead atoms. The van der Waals surface area contributed by atoms with E-state index in [9.17, 15) is 0 Å². The molecule has 0 amide bonds. The minimum absolute atomic E-state index is 0.120. The number of hydrogen-bond acceptors (Lipinski definition) is 3. The summed E-state index contributed by atoms with van der Waals surface area (Å²) in [6.07, 6.45) is 0.878. The number of imidazole rings is 1. The van der Waals surface area contributed by atoms with Gasteiger partial charge in [0.2, 0.25) is 0 Å². The third-order valence-electron chi connectivity index (χ3n) is 3.43. The average Bonchev–Trinajstić information content (AvgIpc) is 3.08. The lowest BCUT2D eigenvalue weighted by molar-refractivity contribution is 0.684. The summed E-state index contributed by atoms with van der Waals surface area (Å²) in [6.45, 7) is 4.85. The van der Waals surface area contributed by atoms with Crippen LogP contribution in [-0.4, -0.2) is 19.3 Å². The number of fused-ring (bicyclic) bond motifs is 1. The lowest BCUT2D eigenvalue weighted by atomic mass is 10.3. The molecule has 0 fully saturated rings. The molecule has 0 saturated carbocycles. The molecule has 1 unspecified atom stereocenters. The first kappa shape index (κ1) is 13.6. The van der Waals surface area contributed by atoms with Crippen LogP contribution in [0.4, 0.5) is 0 Å². The number of aryl methyl sites for hydroxylation is 2. The predicted molar refractivity (Wildman–Crippen MR) is 83.6 cm³/mol. The number of thiophene rings is 1. The third-order valence-corrected chi connectivity index (χ3v) is 4.36. The van der Waals surface area contributed by atoms with Crippen LogP contribution in [0.1, 0.15) is 36.3 Å². The lowest BCUT2D eigenvalue weighted by Crippen LogP contribution is -2.08. The Labute approximate surface area is 127 Å². The molecule has 3 aromatic heterocycles. The van der Waals surface area contributed by atoms with Gasteiger partial charge in [-0.3, -0.25) is 4.68 Å². The number of halogens is 1. The molecule has 1 atom stereocenters. The molecule has 0 aliphatic rings. The fourth-order valence-electron chi connectivity index (χ4n) is 2.52. The Kier molecular flexibility index (Phi) is 3.56. The lowest BCUT2D eigenvalue weighted by Gasteiger charge is -2.10. The summed E-state index contributed by atoms with van der Waals surface area (Å²) in [6, 6.07) is 2.14. The molecule has 4 nitrogen and oxygen atoms in total. The second-order valence-corrected chi connectivity index (χ2v) is 6.33. The summed E-state index contributed by atoms with van der Waals surface area (Å²) >= 11 is 8.02. The van der Waals surface area contributed by atoms with Crippen molar-refractivity contribution in [1.29, 1.82) is 0 Å². The van der Waals surface area contributed by atoms with Crippen molar-refractivity contribution < 1.29 is 0 Å². The van der Waals surface area contributed by atoms with E-state index < -0.39 is 0 Å². The van der Waals surface area contributed by atoms with Crippen LogP contribution in [-0.2, 0) is 20.0 Å². The molecule has 106 valence electrons. The summed E-state index contributed by atoms with van der Waals surface area (Å²) < 4.78 is 4.09. The van der Waals surface area contributed by atoms with E-state index in [0.29, 0.717) is 0 Å². The van der Waals surface area contributed by atoms with Crippen molar-refractivity contribution in [3.05, 3.63) is 33.9 Å². The second kappa shape index (κ2) is 5.22. The van der Waals surface area contributed by atoms with Crippen LogP contribution in [0.2, 0.25) is 0 Å². The van der Waals surface area contributed by atoms with E-state index in [0.717, 1.165) is 35.6 Å². The number of alkyl halides is 1. The molecule has 0 saturated heterocycles. The molecule has 0 spiro atoms. The minimum Gasteiger partial charge on any atom is -0.307 e. The summed E-state index contributed by atoms with van der Waals surface area (Å²) in [5.41, 5.74) is 4.33. The highest BCUT2D eigenvalue weighted by molar-refractivity contribution is 7.07. The highest BCUT2D eigenvalue weighted by Gasteiger charge is 2.21. The quantitative estimate of drug-likeness (QED) is 0.688. The smallest absolute Gasteiger partial charge is 0.159 e. The van der Waals surface area contributed by atoms with Crippen LogP contribution >= 0.6 is 22.9 Å². The number of hydrogen-bond donors (Lipinski definition) is 0. The van der Waals surface area contributed by atoms with E-state index in [1.165, 1.54) is 5.56 Å². The first-order valence-electron chi connectivity index (χ1n) is 6.69. The predicted octanol–water partition coefficient (Wildman–Crippen LogP) is 3.74. The SMILES string of the molecule is CCc1nn(C)c2c1nc(C(C)Cl)n2Cc1ccsc1. The topological polar surface area (TPSA) is 35.6 Å². The van der Waals surface area contributed by atoms with E-state index >= 15 is 0 Å². The molecule has 0 aliphatic carbocycles. The van der Waals surface area contributed by atoms with Crippen molar-refractivity contribution in [2.24, 2.45) is 7.05 Å². The van der Waals surface area contributed by atoms with Gasteiger partial charge in [0.25, 0.3) is 0 Å². The zero-order valence-corrected chi connectivity index (χ0v) is 13.4. The minimum atomic E-state index is -0.120. The van der Waals surface area contributed by atoms with Crippen molar-refractivity contribution in [3.63, 3.8) is 0 Å². The molecule has 3 heterocycles. The maximum atomic E-state index is 6.31. The fourth-order valence-corrected chi connectivity index (χ4v) is 3.35. The average molecular weight is 309 g/mol. The van der Waals surface area contributed by atoms with E-state index in [1.54, 1.807) is 11.3 Å². The van der Waals surface area contributed by atoms with Gasteiger partial charge in [-0.1, -0.05) is 6.92 Å². The van der Waals surface area contributed by atoms with Crippen molar-refractivity contribution >= 4 is 34.1 Å². The fraction of sp³-hybridized carbons (Fsp3) is 0.429. The van der Waals surface area contributed by atoms with Crippen LogP contribution < -0.4 is 0 Å². The standard InChI is InChI=1S/C14H17ClN4S/c1-4-11-12-14(18(3)17-11)19(13(16-12)9(2)15)7-10-5-6-20-8-10/h5-6,8-9H,4,7H2,1-3H3. The van der Waals surface area contributed by atoms with Gasteiger partial charge in [-0.25, -0.2) is 4.98 Å². The Morgan fingerprint density at radius 3 is 2.85 bits per heavy atom. The highest BCUT2D eigenvalue weighted by atomic mass is 35.5. The number of nitrogens with zero attached hydrogens (tertiary/aromatic N) is 4. The molecule has 3 aromatic rings. The van der Waals surface area contributed by atoms with Crippen molar-refractivity contribution in [1.82, 2.24) is 19.3 Å². The maximum Gasteiger partial charge on any atom is 0.159 e. The van der Waals surface area contributed by atoms with Crippen LogP contribution in [0.15, 0.2) is 16.8 Å². The van der Waals surface area contributed by atoms with E-state index in [1.807, 2.05) is 18.7 Å². The monoisotopic (exact) mass is 308 g/mol.